The van der Waals surface area contributed by atoms with Crippen LogP contribution in [0.5, 0.6) is 0 Å². The van der Waals surface area contributed by atoms with Crippen LogP contribution in [0.4, 0.5) is 0 Å². The Morgan fingerprint density at radius 1 is 1.00 bits per heavy atom. The van der Waals surface area contributed by atoms with Gasteiger partial charge in [-0.15, -0.1) is 0 Å². The van der Waals surface area contributed by atoms with Crippen molar-refractivity contribution in [3.63, 3.8) is 0 Å². The zero-order valence-electron chi connectivity index (χ0n) is 12.1. The van der Waals surface area contributed by atoms with Crippen LogP contribution in [-0.4, -0.2) is 5.11 Å². The van der Waals surface area contributed by atoms with Gasteiger partial charge in [0.2, 0.25) is 0 Å². The van der Waals surface area contributed by atoms with E-state index in [1.54, 1.807) is 0 Å². The first-order valence-electron chi connectivity index (χ1n) is 7.02. The molecule has 2 rings (SSSR count). The van der Waals surface area contributed by atoms with Crippen LogP contribution in [-0.2, 0) is 5.60 Å². The molecule has 1 unspecified atom stereocenters. The fourth-order valence-electron chi connectivity index (χ4n) is 2.17. The molecule has 1 heteroatoms. The van der Waals surface area contributed by atoms with Gasteiger partial charge in [-0.05, 0) is 31.0 Å². The van der Waals surface area contributed by atoms with E-state index >= 15 is 0 Å². The summed E-state index contributed by atoms with van der Waals surface area (Å²) in [7, 11) is 0. The van der Waals surface area contributed by atoms with Gasteiger partial charge in [-0.3, -0.25) is 0 Å². The SMILES string of the molecule is CCCC(O)(C#Cc1ccc(C)cc1)c1ccccc1. The molecule has 0 amide bonds. The molecule has 1 nitrogen and oxygen atoms in total. The van der Waals surface area contributed by atoms with E-state index in [0.717, 1.165) is 17.5 Å². The topological polar surface area (TPSA) is 20.2 Å². The highest BCUT2D eigenvalue weighted by atomic mass is 16.3. The van der Waals surface area contributed by atoms with Crippen molar-refractivity contribution in [2.45, 2.75) is 32.3 Å². The van der Waals surface area contributed by atoms with Crippen LogP contribution in [0, 0.1) is 18.8 Å². The first-order chi connectivity index (χ1) is 9.64. The third kappa shape index (κ3) is 3.50. The number of rotatable bonds is 3. The van der Waals surface area contributed by atoms with Crippen molar-refractivity contribution in [1.82, 2.24) is 0 Å². The van der Waals surface area contributed by atoms with E-state index in [-0.39, 0.29) is 0 Å². The summed E-state index contributed by atoms with van der Waals surface area (Å²) in [6, 6.07) is 17.7. The lowest BCUT2D eigenvalue weighted by atomic mass is 9.89. The van der Waals surface area contributed by atoms with E-state index in [4.69, 9.17) is 0 Å². The lowest BCUT2D eigenvalue weighted by Crippen LogP contribution is -2.23. The van der Waals surface area contributed by atoms with Gasteiger partial charge in [0, 0.05) is 5.56 Å². The van der Waals surface area contributed by atoms with Gasteiger partial charge in [0.05, 0.1) is 0 Å². The average Bonchev–Trinajstić information content (AvgIpc) is 2.48. The van der Waals surface area contributed by atoms with E-state index in [2.05, 4.69) is 25.7 Å². The maximum atomic E-state index is 10.8. The van der Waals surface area contributed by atoms with Crippen molar-refractivity contribution in [3.05, 3.63) is 71.3 Å². The second-order valence-electron chi connectivity index (χ2n) is 5.09. The van der Waals surface area contributed by atoms with E-state index < -0.39 is 5.60 Å². The Hall–Kier alpha value is -2.04. The normalized spacial score (nSPS) is 13.2. The van der Waals surface area contributed by atoms with Crippen LogP contribution in [0.15, 0.2) is 54.6 Å². The van der Waals surface area contributed by atoms with Crippen molar-refractivity contribution in [3.8, 4) is 11.8 Å². The fourth-order valence-corrected chi connectivity index (χ4v) is 2.17. The van der Waals surface area contributed by atoms with E-state index in [1.807, 2.05) is 54.6 Å². The highest BCUT2D eigenvalue weighted by Gasteiger charge is 2.25. The molecule has 0 radical (unpaired) electrons. The van der Waals surface area contributed by atoms with Gasteiger partial charge in [0.15, 0.2) is 5.60 Å². The monoisotopic (exact) mass is 264 g/mol. The second-order valence-corrected chi connectivity index (χ2v) is 5.09. The number of benzene rings is 2. The molecule has 0 aliphatic carbocycles. The van der Waals surface area contributed by atoms with Gasteiger partial charge in [0.25, 0.3) is 0 Å². The molecule has 0 aliphatic rings. The molecule has 1 atom stereocenters. The van der Waals surface area contributed by atoms with Gasteiger partial charge < -0.3 is 5.11 Å². The Morgan fingerprint density at radius 2 is 1.65 bits per heavy atom. The molecule has 0 aromatic heterocycles. The third-order valence-electron chi connectivity index (χ3n) is 3.33. The summed E-state index contributed by atoms with van der Waals surface area (Å²) in [5, 5.41) is 10.8. The molecule has 0 bridgehead atoms. The Bertz CT molecular complexity index is 602. The van der Waals surface area contributed by atoms with Crippen molar-refractivity contribution in [1.29, 1.82) is 0 Å². The van der Waals surface area contributed by atoms with Crippen molar-refractivity contribution >= 4 is 0 Å². The third-order valence-corrected chi connectivity index (χ3v) is 3.33. The number of hydrogen-bond acceptors (Lipinski definition) is 1. The van der Waals surface area contributed by atoms with Gasteiger partial charge in [-0.25, -0.2) is 0 Å². The highest BCUT2D eigenvalue weighted by Crippen LogP contribution is 2.25. The molecule has 0 fully saturated rings. The van der Waals surface area contributed by atoms with Crippen molar-refractivity contribution in [2.75, 3.05) is 0 Å². The summed E-state index contributed by atoms with van der Waals surface area (Å²) in [4.78, 5) is 0. The molecule has 0 heterocycles. The highest BCUT2D eigenvalue weighted by molar-refractivity contribution is 5.40. The molecule has 102 valence electrons. The lowest BCUT2D eigenvalue weighted by Gasteiger charge is -2.22. The van der Waals surface area contributed by atoms with Crippen LogP contribution < -0.4 is 0 Å². The minimum atomic E-state index is -1.07. The van der Waals surface area contributed by atoms with Gasteiger partial charge in [0.1, 0.15) is 0 Å². The van der Waals surface area contributed by atoms with E-state index in [1.165, 1.54) is 5.56 Å². The summed E-state index contributed by atoms with van der Waals surface area (Å²) in [6.07, 6.45) is 1.52. The quantitative estimate of drug-likeness (QED) is 0.830. The number of aliphatic hydroxyl groups is 1. The summed E-state index contributed by atoms with van der Waals surface area (Å²) in [5.74, 6) is 6.15. The first-order valence-corrected chi connectivity index (χ1v) is 7.02. The molecule has 0 spiro atoms. The van der Waals surface area contributed by atoms with Gasteiger partial charge in [-0.2, -0.15) is 0 Å². The average molecular weight is 264 g/mol. The molecule has 0 saturated heterocycles. The molecule has 0 aliphatic heterocycles. The maximum Gasteiger partial charge on any atom is 0.151 e. The standard InChI is InChI=1S/C19H20O/c1-3-14-19(20,18-7-5-4-6-8-18)15-13-17-11-9-16(2)10-12-17/h4-12,20H,3,14H2,1-2H3. The van der Waals surface area contributed by atoms with Gasteiger partial charge in [-0.1, -0.05) is 73.2 Å². The first kappa shape index (κ1) is 14.4. The van der Waals surface area contributed by atoms with Crippen LogP contribution in [0.3, 0.4) is 0 Å². The minimum absolute atomic E-state index is 0.635. The number of hydrogen-bond donors (Lipinski definition) is 1. The smallest absolute Gasteiger partial charge is 0.151 e. The molecule has 0 saturated carbocycles. The Morgan fingerprint density at radius 3 is 2.25 bits per heavy atom. The van der Waals surface area contributed by atoms with E-state index in [0.29, 0.717) is 6.42 Å². The molecule has 20 heavy (non-hydrogen) atoms. The predicted octanol–water partition coefficient (Wildman–Crippen LogP) is 4.03. The molecule has 2 aromatic carbocycles. The van der Waals surface area contributed by atoms with Crippen molar-refractivity contribution < 1.29 is 5.11 Å². The van der Waals surface area contributed by atoms with Crippen LogP contribution in [0.1, 0.15) is 36.5 Å². The maximum absolute atomic E-state index is 10.8. The predicted molar refractivity (Wildman–Crippen MR) is 83.3 cm³/mol. The van der Waals surface area contributed by atoms with Crippen LogP contribution in [0.2, 0.25) is 0 Å². The fraction of sp³-hybridized carbons (Fsp3) is 0.263. The zero-order valence-corrected chi connectivity index (χ0v) is 12.1. The zero-order chi connectivity index (χ0) is 14.4. The Labute approximate surface area is 121 Å². The lowest BCUT2D eigenvalue weighted by molar-refractivity contribution is 0.0894. The minimum Gasteiger partial charge on any atom is -0.373 e. The van der Waals surface area contributed by atoms with Crippen LogP contribution >= 0.6 is 0 Å². The largest absolute Gasteiger partial charge is 0.373 e. The van der Waals surface area contributed by atoms with Gasteiger partial charge >= 0.3 is 0 Å². The van der Waals surface area contributed by atoms with Crippen molar-refractivity contribution in [2.24, 2.45) is 0 Å². The summed E-state index contributed by atoms with van der Waals surface area (Å²) in [5.41, 5.74) is 1.94. The molecule has 2 aromatic rings. The van der Waals surface area contributed by atoms with Crippen LogP contribution in [0.25, 0.3) is 0 Å². The Balaban J connectivity index is 2.33. The molecule has 1 N–H and O–H groups in total. The van der Waals surface area contributed by atoms with E-state index in [9.17, 15) is 5.11 Å². The summed E-state index contributed by atoms with van der Waals surface area (Å²) in [6.45, 7) is 4.11. The second kappa shape index (κ2) is 6.41. The molecular weight excluding hydrogens is 244 g/mol. The Kier molecular flexibility index (Phi) is 4.61. The molecular formula is C19H20O. The number of aryl methyl sites for hydroxylation is 1. The summed E-state index contributed by atoms with van der Waals surface area (Å²) < 4.78 is 0. The summed E-state index contributed by atoms with van der Waals surface area (Å²) >= 11 is 0.